The van der Waals surface area contributed by atoms with Crippen LogP contribution in [0, 0.1) is 17.8 Å². The van der Waals surface area contributed by atoms with Gasteiger partial charge in [-0.3, -0.25) is 9.59 Å². The van der Waals surface area contributed by atoms with Gasteiger partial charge in [-0.1, -0.05) is 19.7 Å². The van der Waals surface area contributed by atoms with Gasteiger partial charge in [-0.15, -0.1) is 0 Å². The molecule has 126 valence electrons. The number of carbonyl (C=O) groups is 3. The standard InChI is InChI=1S/C17H28O5/c1-12(9-10-13(2)18)6-5-11-22-17(21)15-8-4-3-7-14(15)16(19)20/h12,14-15H,3-11H2,1-2H3,(H,19,20)/i3D2,4D2,7D2,8D2. The van der Waals surface area contributed by atoms with Crippen LogP contribution in [0.2, 0.25) is 0 Å². The van der Waals surface area contributed by atoms with Gasteiger partial charge in [0.05, 0.1) is 18.4 Å². The van der Waals surface area contributed by atoms with E-state index < -0.39 is 49.3 Å². The number of hydrogen-bond acceptors (Lipinski definition) is 4. The minimum atomic E-state index is -3.52. The summed E-state index contributed by atoms with van der Waals surface area (Å²) in [5.74, 6) is -8.03. The zero-order chi connectivity index (χ0) is 23.7. The Morgan fingerprint density at radius 1 is 1.23 bits per heavy atom. The molecular formula is C17H28O5. The van der Waals surface area contributed by atoms with E-state index in [9.17, 15) is 19.5 Å². The molecule has 0 aliphatic heterocycles. The second-order valence-electron chi connectivity index (χ2n) is 5.49. The number of carbonyl (C=O) groups excluding carboxylic acids is 2. The topological polar surface area (TPSA) is 80.7 Å². The maximum Gasteiger partial charge on any atom is 0.309 e. The van der Waals surface area contributed by atoms with Crippen molar-refractivity contribution in [2.24, 2.45) is 17.8 Å². The highest BCUT2D eigenvalue weighted by Gasteiger charge is 2.36. The van der Waals surface area contributed by atoms with Crippen LogP contribution in [0.1, 0.15) is 76.0 Å². The Morgan fingerprint density at radius 2 is 1.86 bits per heavy atom. The Morgan fingerprint density at radius 3 is 2.45 bits per heavy atom. The Kier molecular flexibility index (Phi) is 4.22. The summed E-state index contributed by atoms with van der Waals surface area (Å²) in [5.41, 5.74) is 0. The maximum absolute atomic E-state index is 12.5. The summed E-state index contributed by atoms with van der Waals surface area (Å²) >= 11 is 0. The smallest absolute Gasteiger partial charge is 0.309 e. The molecule has 0 aromatic carbocycles. The predicted octanol–water partition coefficient (Wildman–Crippen LogP) is 3.21. The van der Waals surface area contributed by atoms with Crippen LogP contribution in [0.15, 0.2) is 0 Å². The monoisotopic (exact) mass is 320 g/mol. The third-order valence-electron chi connectivity index (χ3n) is 3.45. The molecule has 1 fully saturated rings. The molecule has 1 N–H and O–H groups in total. The Bertz CT molecular complexity index is 679. The first-order valence-corrected chi connectivity index (χ1v) is 7.31. The van der Waals surface area contributed by atoms with Crippen molar-refractivity contribution in [2.45, 2.75) is 65.0 Å². The van der Waals surface area contributed by atoms with Crippen LogP contribution in [-0.2, 0) is 19.1 Å². The fourth-order valence-electron chi connectivity index (χ4n) is 2.08. The molecule has 1 rings (SSSR count). The minimum absolute atomic E-state index is 0.0518. The van der Waals surface area contributed by atoms with Crippen LogP contribution >= 0.6 is 0 Å². The highest BCUT2D eigenvalue weighted by molar-refractivity contribution is 5.81. The lowest BCUT2D eigenvalue weighted by molar-refractivity contribution is -0.159. The third-order valence-corrected chi connectivity index (χ3v) is 3.45. The lowest BCUT2D eigenvalue weighted by Gasteiger charge is -2.26. The zero-order valence-electron chi connectivity index (χ0n) is 20.8. The van der Waals surface area contributed by atoms with Crippen LogP contribution < -0.4 is 0 Å². The zero-order valence-corrected chi connectivity index (χ0v) is 12.8. The molecule has 22 heavy (non-hydrogen) atoms. The van der Waals surface area contributed by atoms with Crippen molar-refractivity contribution in [3.63, 3.8) is 0 Å². The van der Waals surface area contributed by atoms with Gasteiger partial charge in [0.1, 0.15) is 5.78 Å². The first-order chi connectivity index (χ1) is 13.4. The second-order valence-corrected chi connectivity index (χ2v) is 5.49. The summed E-state index contributed by atoms with van der Waals surface area (Å²) < 4.78 is 68.0. The first-order valence-electron chi connectivity index (χ1n) is 11.3. The fraction of sp³-hybridized carbons (Fsp3) is 0.824. The number of hydrogen-bond donors (Lipinski definition) is 1. The molecule has 0 amide bonds. The summed E-state index contributed by atoms with van der Waals surface area (Å²) in [6.45, 7) is 3.16. The molecule has 5 nitrogen and oxygen atoms in total. The van der Waals surface area contributed by atoms with E-state index in [2.05, 4.69) is 0 Å². The van der Waals surface area contributed by atoms with E-state index in [4.69, 9.17) is 15.7 Å². The molecule has 1 saturated carbocycles. The van der Waals surface area contributed by atoms with E-state index >= 15 is 0 Å². The Hall–Kier alpha value is -1.39. The van der Waals surface area contributed by atoms with Crippen molar-refractivity contribution >= 4 is 17.7 Å². The van der Waals surface area contributed by atoms with E-state index in [0.29, 0.717) is 25.7 Å². The van der Waals surface area contributed by atoms with Crippen LogP contribution in [0.3, 0.4) is 0 Å². The largest absolute Gasteiger partial charge is 0.481 e. The molecule has 0 spiro atoms. The number of Topliss-reactive ketones (excluding diaryl/α,β-unsaturated/α-hetero) is 1. The maximum atomic E-state index is 12.5. The van der Waals surface area contributed by atoms with Gasteiger partial charge in [0.2, 0.25) is 0 Å². The summed E-state index contributed by atoms with van der Waals surface area (Å²) in [6.07, 6.45) is -11.8. The quantitative estimate of drug-likeness (QED) is 0.521. The predicted molar refractivity (Wildman–Crippen MR) is 82.4 cm³/mol. The summed E-state index contributed by atoms with van der Waals surface area (Å²) in [7, 11) is 0. The second kappa shape index (κ2) is 9.59. The molecule has 3 unspecified atom stereocenters. The molecular weight excluding hydrogens is 284 g/mol. The first kappa shape index (κ1) is 9.68. The summed E-state index contributed by atoms with van der Waals surface area (Å²) in [5, 5.41) is 9.44. The van der Waals surface area contributed by atoms with Crippen molar-refractivity contribution in [1.29, 1.82) is 0 Å². The SMILES string of the molecule is [2H]C1([2H])C(C(=O)O)C(C(=O)OCCCC(C)CCC(C)=O)C([2H])([2H])C([2H])([2H])C1([2H])[2H]. The van der Waals surface area contributed by atoms with E-state index in [0.717, 1.165) is 0 Å². The van der Waals surface area contributed by atoms with Crippen molar-refractivity contribution in [3.05, 3.63) is 0 Å². The van der Waals surface area contributed by atoms with Gasteiger partial charge in [0.25, 0.3) is 0 Å². The van der Waals surface area contributed by atoms with E-state index in [1.54, 1.807) is 0 Å². The van der Waals surface area contributed by atoms with Crippen LogP contribution in [0.25, 0.3) is 0 Å². The average molecular weight is 320 g/mol. The Labute approximate surface area is 143 Å². The molecule has 1 aliphatic carbocycles. The van der Waals surface area contributed by atoms with Crippen molar-refractivity contribution in [2.75, 3.05) is 6.61 Å². The van der Waals surface area contributed by atoms with Crippen LogP contribution in [0.5, 0.6) is 0 Å². The van der Waals surface area contributed by atoms with Gasteiger partial charge in [-0.2, -0.15) is 0 Å². The summed E-state index contributed by atoms with van der Waals surface area (Å²) in [4.78, 5) is 35.2. The van der Waals surface area contributed by atoms with E-state index in [-0.39, 0.29) is 18.3 Å². The molecule has 0 bridgehead atoms. The van der Waals surface area contributed by atoms with Gasteiger partial charge in [0, 0.05) is 17.4 Å². The molecule has 3 atom stereocenters. The molecule has 0 radical (unpaired) electrons. The van der Waals surface area contributed by atoms with Crippen molar-refractivity contribution in [1.82, 2.24) is 0 Å². The lowest BCUT2D eigenvalue weighted by atomic mass is 9.79. The molecule has 5 heteroatoms. The third kappa shape index (κ3) is 6.58. The number of carboxylic acids is 1. The fourth-order valence-corrected chi connectivity index (χ4v) is 2.08. The number of esters is 1. The van der Waals surface area contributed by atoms with Gasteiger partial charge < -0.3 is 14.6 Å². The molecule has 0 aromatic rings. The van der Waals surface area contributed by atoms with E-state index in [1.165, 1.54) is 6.92 Å². The Balaban J connectivity index is 2.99. The van der Waals surface area contributed by atoms with E-state index in [1.807, 2.05) is 6.92 Å². The van der Waals surface area contributed by atoms with Crippen LogP contribution in [0.4, 0.5) is 0 Å². The number of ketones is 1. The average Bonchev–Trinajstić information content (AvgIpc) is 2.58. The highest BCUT2D eigenvalue weighted by Crippen LogP contribution is 2.31. The highest BCUT2D eigenvalue weighted by atomic mass is 16.5. The molecule has 0 saturated heterocycles. The number of aliphatic carboxylic acids is 1. The van der Waals surface area contributed by atoms with Gasteiger partial charge >= 0.3 is 11.9 Å². The number of carboxylic acid groups (broad SMARTS) is 1. The van der Waals surface area contributed by atoms with Gasteiger partial charge in [-0.05, 0) is 44.8 Å². The van der Waals surface area contributed by atoms with Gasteiger partial charge in [0.15, 0.2) is 0 Å². The molecule has 0 heterocycles. The number of ether oxygens (including phenoxy) is 1. The molecule has 0 aromatic heterocycles. The summed E-state index contributed by atoms with van der Waals surface area (Å²) in [6, 6.07) is 0. The lowest BCUT2D eigenvalue weighted by Crippen LogP contribution is -2.34. The number of rotatable bonds is 9. The minimum Gasteiger partial charge on any atom is -0.481 e. The van der Waals surface area contributed by atoms with Crippen molar-refractivity contribution < 1.29 is 35.2 Å². The normalized spacial score (nSPS) is 37.4. The van der Waals surface area contributed by atoms with Crippen molar-refractivity contribution in [3.8, 4) is 0 Å². The molecule has 1 aliphatic rings. The van der Waals surface area contributed by atoms with Gasteiger partial charge in [-0.25, -0.2) is 0 Å². The van der Waals surface area contributed by atoms with Crippen LogP contribution in [-0.4, -0.2) is 29.4 Å².